The molecule has 2 N–H and O–H groups in total. The van der Waals surface area contributed by atoms with E-state index in [1.165, 1.54) is 13.8 Å². The van der Waals surface area contributed by atoms with Crippen molar-refractivity contribution in [3.8, 4) is 0 Å². The molecule has 0 aromatic heterocycles. The van der Waals surface area contributed by atoms with Gasteiger partial charge in [0.25, 0.3) is 0 Å². The normalized spacial score (nSPS) is 10.5. The zero-order valence-electron chi connectivity index (χ0n) is 11.3. The molecule has 0 heterocycles. The summed E-state index contributed by atoms with van der Waals surface area (Å²) >= 11 is 0. The van der Waals surface area contributed by atoms with Crippen LogP contribution in [0.5, 0.6) is 0 Å². The van der Waals surface area contributed by atoms with Crippen LogP contribution in [0.25, 0.3) is 0 Å². The molecule has 0 aromatic carbocycles. The summed E-state index contributed by atoms with van der Waals surface area (Å²) in [5, 5.41) is 4.37. The summed E-state index contributed by atoms with van der Waals surface area (Å²) in [6.45, 7) is 2.27. The number of hydrogen-bond donors (Lipinski definition) is 2. The van der Waals surface area contributed by atoms with Crippen molar-refractivity contribution >= 4 is 32.1 Å². The van der Waals surface area contributed by atoms with Crippen molar-refractivity contribution in [2.75, 3.05) is 24.6 Å². The van der Waals surface area contributed by atoms with E-state index in [2.05, 4.69) is 10.6 Å². The van der Waals surface area contributed by atoms with E-state index in [-0.39, 0.29) is 42.0 Å². The van der Waals surface area contributed by atoms with Crippen molar-refractivity contribution in [3.05, 3.63) is 0 Å². The first kappa shape index (κ1) is 25.2. The molecule has 13 heteroatoms. The molecule has 0 radical (unpaired) electrons. The number of rotatable bonds is 6. The molecule has 126 valence electrons. The molecule has 2 amide bonds. The molecular weight excluding hydrogens is 372 g/mol. The summed E-state index contributed by atoms with van der Waals surface area (Å²) in [7, 11) is -8.37. The molecular formula is C8H16FeN2O8S2. The van der Waals surface area contributed by atoms with Gasteiger partial charge in [-0.05, 0) is 0 Å². The van der Waals surface area contributed by atoms with Gasteiger partial charge in [0.1, 0.15) is 0 Å². The predicted octanol–water partition coefficient (Wildman–Crippen LogP) is -2.67. The van der Waals surface area contributed by atoms with Crippen molar-refractivity contribution in [3.63, 3.8) is 0 Å². The molecule has 0 rings (SSSR count). The second-order valence-corrected chi connectivity index (χ2v) is 6.54. The Hall–Kier alpha value is -0.721. The molecule has 10 nitrogen and oxygen atoms in total. The van der Waals surface area contributed by atoms with Crippen LogP contribution in [0.4, 0.5) is 0 Å². The van der Waals surface area contributed by atoms with Crippen LogP contribution in [0.15, 0.2) is 0 Å². The summed E-state index contributed by atoms with van der Waals surface area (Å²) in [5.41, 5.74) is 0. The third kappa shape index (κ3) is 32.6. The van der Waals surface area contributed by atoms with E-state index in [0.29, 0.717) is 0 Å². The molecule has 0 atom stereocenters. The second kappa shape index (κ2) is 11.9. The van der Waals surface area contributed by atoms with E-state index < -0.39 is 31.7 Å². The molecule has 0 spiro atoms. The van der Waals surface area contributed by atoms with Gasteiger partial charge in [-0.1, -0.05) is 0 Å². The zero-order chi connectivity index (χ0) is 16.4. The van der Waals surface area contributed by atoms with Crippen LogP contribution in [0.1, 0.15) is 13.8 Å². The molecule has 0 aliphatic heterocycles. The Morgan fingerprint density at radius 1 is 0.810 bits per heavy atom. The fourth-order valence-electron chi connectivity index (χ4n) is 0.704. The van der Waals surface area contributed by atoms with Gasteiger partial charge in [0, 0.05) is 26.9 Å². The number of nitrogens with one attached hydrogen (secondary N) is 2. The van der Waals surface area contributed by atoms with Gasteiger partial charge in [0.15, 0.2) is 0 Å². The summed E-state index contributed by atoms with van der Waals surface area (Å²) < 4.78 is 59.4. The maximum atomic E-state index is 10.1. The smallest absolute Gasteiger partial charge is 0.748 e. The molecule has 0 aliphatic carbocycles. The van der Waals surface area contributed by atoms with Crippen LogP contribution in [0, 0.1) is 0 Å². The molecule has 0 saturated carbocycles. The summed E-state index contributed by atoms with van der Waals surface area (Å²) in [4.78, 5) is 20.2. The number of hydrogen-bond acceptors (Lipinski definition) is 8. The first-order valence-electron chi connectivity index (χ1n) is 5.19. The van der Waals surface area contributed by atoms with E-state index in [9.17, 15) is 35.5 Å². The minimum absolute atomic E-state index is 0. The molecule has 0 aromatic rings. The minimum Gasteiger partial charge on any atom is -0.748 e. The van der Waals surface area contributed by atoms with Crippen LogP contribution >= 0.6 is 0 Å². The zero-order valence-corrected chi connectivity index (χ0v) is 14.0. The first-order chi connectivity index (χ1) is 8.83. The van der Waals surface area contributed by atoms with E-state index in [4.69, 9.17) is 0 Å². The maximum absolute atomic E-state index is 10.1. The minimum atomic E-state index is -4.18. The number of amides is 2. The molecule has 0 bridgehead atoms. The van der Waals surface area contributed by atoms with Crippen molar-refractivity contribution < 1.29 is 52.6 Å². The largest absolute Gasteiger partial charge is 2.00 e. The Kier molecular flexibility index (Phi) is 14.3. The van der Waals surface area contributed by atoms with Crippen molar-refractivity contribution in [1.29, 1.82) is 0 Å². The number of carbonyl (C=O) groups excluding carboxylic acids is 2. The second-order valence-electron chi connectivity index (χ2n) is 3.49. The summed E-state index contributed by atoms with van der Waals surface area (Å²) in [6.07, 6.45) is 0. The molecule has 21 heavy (non-hydrogen) atoms. The fraction of sp³-hybridized carbons (Fsp3) is 0.750. The maximum Gasteiger partial charge on any atom is 2.00 e. The first-order valence-corrected chi connectivity index (χ1v) is 8.35. The average molecular weight is 388 g/mol. The third-order valence-electron chi connectivity index (χ3n) is 1.45. The Bertz CT molecular complexity index is 468. The van der Waals surface area contributed by atoms with E-state index >= 15 is 0 Å². The molecule has 0 fully saturated rings. The van der Waals surface area contributed by atoms with Crippen molar-refractivity contribution in [2.45, 2.75) is 13.8 Å². The average Bonchev–Trinajstić information content (AvgIpc) is 2.12. The van der Waals surface area contributed by atoms with Gasteiger partial charge in [-0.25, -0.2) is 16.8 Å². The van der Waals surface area contributed by atoms with Crippen LogP contribution < -0.4 is 10.6 Å². The van der Waals surface area contributed by atoms with Gasteiger partial charge in [-0.15, -0.1) is 0 Å². The molecule has 0 aliphatic rings. The van der Waals surface area contributed by atoms with Gasteiger partial charge in [-0.3, -0.25) is 9.59 Å². The van der Waals surface area contributed by atoms with Crippen LogP contribution in [0.2, 0.25) is 0 Å². The SMILES string of the molecule is CC(=O)NCCS(=O)(=O)[O-].CC(=O)NCCS(=O)(=O)[O-].[Fe+2]. The Morgan fingerprint density at radius 2 is 1.05 bits per heavy atom. The van der Waals surface area contributed by atoms with E-state index in [1.807, 2.05) is 0 Å². The summed E-state index contributed by atoms with van der Waals surface area (Å²) in [5.74, 6) is -1.79. The van der Waals surface area contributed by atoms with Crippen molar-refractivity contribution in [1.82, 2.24) is 10.6 Å². The van der Waals surface area contributed by atoms with Crippen molar-refractivity contribution in [2.24, 2.45) is 0 Å². The van der Waals surface area contributed by atoms with E-state index in [1.54, 1.807) is 0 Å². The Morgan fingerprint density at radius 3 is 1.19 bits per heavy atom. The Balaban J connectivity index is -0.000000295. The molecule has 0 unspecified atom stereocenters. The quantitative estimate of drug-likeness (QED) is 0.366. The van der Waals surface area contributed by atoms with E-state index in [0.717, 1.165) is 0 Å². The Labute approximate surface area is 134 Å². The van der Waals surface area contributed by atoms with Crippen LogP contribution in [0.3, 0.4) is 0 Å². The third-order valence-corrected chi connectivity index (χ3v) is 2.86. The van der Waals surface area contributed by atoms with Crippen LogP contribution in [-0.2, 0) is 46.9 Å². The summed E-state index contributed by atoms with van der Waals surface area (Å²) in [6, 6.07) is 0. The van der Waals surface area contributed by atoms with Gasteiger partial charge >= 0.3 is 17.1 Å². The number of carbonyl (C=O) groups is 2. The molecule has 0 saturated heterocycles. The van der Waals surface area contributed by atoms with Gasteiger partial charge < -0.3 is 19.7 Å². The standard InChI is InChI=1S/2C4H9NO4S.Fe/c2*1-4(6)5-2-3-10(7,8)9;/h2*2-3H2,1H3,(H,5,6)(H,7,8,9);/q;;+2/p-2. The predicted molar refractivity (Wildman–Crippen MR) is 66.5 cm³/mol. The van der Waals surface area contributed by atoms with Gasteiger partial charge in [0.05, 0.1) is 31.7 Å². The van der Waals surface area contributed by atoms with Gasteiger partial charge in [-0.2, -0.15) is 0 Å². The van der Waals surface area contributed by atoms with Gasteiger partial charge in [0.2, 0.25) is 11.8 Å². The monoisotopic (exact) mass is 388 g/mol. The van der Waals surface area contributed by atoms with Crippen LogP contribution in [-0.4, -0.2) is 62.4 Å². The fourth-order valence-corrected chi connectivity index (χ4v) is 1.41. The topological polar surface area (TPSA) is 173 Å².